The van der Waals surface area contributed by atoms with Crippen LogP contribution in [0.4, 0.5) is 20.7 Å². The second-order valence-corrected chi connectivity index (χ2v) is 6.61. The maximum atomic E-state index is 14.3. The number of pyridine rings is 1. The van der Waals surface area contributed by atoms with Gasteiger partial charge in [0.15, 0.2) is 5.82 Å². The Morgan fingerprint density at radius 1 is 1.24 bits per heavy atom. The molecule has 3 rings (SSSR count). The molecule has 0 bridgehead atoms. The number of piperazine rings is 1. The van der Waals surface area contributed by atoms with Crippen LogP contribution in [0, 0.1) is 5.95 Å². The van der Waals surface area contributed by atoms with E-state index < -0.39 is 11.9 Å². The molecule has 1 saturated heterocycles. The van der Waals surface area contributed by atoms with Crippen molar-refractivity contribution in [1.82, 2.24) is 30.7 Å². The van der Waals surface area contributed by atoms with E-state index in [1.165, 1.54) is 13.1 Å². The summed E-state index contributed by atoms with van der Waals surface area (Å²) in [6.45, 7) is 5.76. The van der Waals surface area contributed by atoms with Gasteiger partial charge in [-0.05, 0) is 19.1 Å². The molecule has 11 heteroatoms. The van der Waals surface area contributed by atoms with Crippen LogP contribution in [0.15, 0.2) is 18.2 Å². The molecule has 0 aromatic carbocycles. The van der Waals surface area contributed by atoms with Gasteiger partial charge in [-0.2, -0.15) is 9.49 Å². The number of rotatable bonds is 6. The fourth-order valence-corrected chi connectivity index (χ4v) is 3.13. The molecule has 0 spiro atoms. The lowest BCUT2D eigenvalue weighted by Gasteiger charge is -2.35. The number of amides is 3. The molecule has 29 heavy (non-hydrogen) atoms. The van der Waals surface area contributed by atoms with Crippen LogP contribution in [-0.2, 0) is 6.54 Å². The van der Waals surface area contributed by atoms with Crippen LogP contribution in [0.1, 0.15) is 23.1 Å². The van der Waals surface area contributed by atoms with Crippen LogP contribution in [-0.4, -0.2) is 71.8 Å². The van der Waals surface area contributed by atoms with Crippen molar-refractivity contribution < 1.29 is 14.0 Å². The Morgan fingerprint density at radius 2 is 2.00 bits per heavy atom. The van der Waals surface area contributed by atoms with Gasteiger partial charge in [0.1, 0.15) is 5.69 Å². The van der Waals surface area contributed by atoms with E-state index in [0.29, 0.717) is 37.7 Å². The second-order valence-electron chi connectivity index (χ2n) is 6.61. The van der Waals surface area contributed by atoms with Crippen LogP contribution < -0.4 is 20.9 Å². The van der Waals surface area contributed by atoms with E-state index in [0.717, 1.165) is 18.8 Å². The zero-order chi connectivity index (χ0) is 20.8. The number of H-pyrrole nitrogens is 1. The molecule has 3 heterocycles. The minimum absolute atomic E-state index is 0.0589. The largest absolute Gasteiger partial charge is 0.365 e. The summed E-state index contributed by atoms with van der Waals surface area (Å²) in [6.07, 6.45) is 0. The molecule has 1 aliphatic heterocycles. The number of aromatic amines is 1. The van der Waals surface area contributed by atoms with Crippen LogP contribution >= 0.6 is 0 Å². The van der Waals surface area contributed by atoms with Crippen molar-refractivity contribution in [2.24, 2.45) is 0 Å². The van der Waals surface area contributed by atoms with Gasteiger partial charge < -0.3 is 15.5 Å². The van der Waals surface area contributed by atoms with E-state index in [2.05, 4.69) is 36.0 Å². The monoisotopic (exact) mass is 404 g/mol. The smallest absolute Gasteiger partial charge is 0.320 e. The standard InChI is InChI=1S/C18H25FN8O2/c1-3-21-18(29)23-15-10-12(24-25-15)11-26-6-8-27(9-7-26)14-5-4-13(17(28)20-2)22-16(14)19/h4-5,10H,3,6-9,11H2,1-2H3,(H,20,28)(H3,21,23,24,25,29). The average molecular weight is 404 g/mol. The summed E-state index contributed by atoms with van der Waals surface area (Å²) in [7, 11) is 1.48. The molecular formula is C18H25FN8O2. The normalized spacial score (nSPS) is 14.5. The van der Waals surface area contributed by atoms with E-state index in [4.69, 9.17) is 0 Å². The number of carbonyl (C=O) groups excluding carboxylic acids is 2. The number of aromatic nitrogens is 3. The van der Waals surface area contributed by atoms with Gasteiger partial charge in [-0.1, -0.05) is 0 Å². The van der Waals surface area contributed by atoms with Crippen LogP contribution in [0.25, 0.3) is 0 Å². The summed E-state index contributed by atoms with van der Waals surface area (Å²) in [6, 6.07) is 4.62. The van der Waals surface area contributed by atoms with Crippen molar-refractivity contribution in [3.05, 3.63) is 35.5 Å². The van der Waals surface area contributed by atoms with Crippen molar-refractivity contribution >= 4 is 23.4 Å². The predicted octanol–water partition coefficient (Wildman–Crippen LogP) is 0.767. The number of nitrogens with one attached hydrogen (secondary N) is 4. The fourth-order valence-electron chi connectivity index (χ4n) is 3.13. The Kier molecular flexibility index (Phi) is 6.60. The molecule has 1 fully saturated rings. The molecule has 0 unspecified atom stereocenters. The lowest BCUT2D eigenvalue weighted by molar-refractivity contribution is 0.0957. The minimum Gasteiger partial charge on any atom is -0.365 e. The highest BCUT2D eigenvalue weighted by atomic mass is 19.1. The van der Waals surface area contributed by atoms with Gasteiger partial charge in [0.25, 0.3) is 5.91 Å². The Balaban J connectivity index is 1.53. The third-order valence-corrected chi connectivity index (χ3v) is 4.61. The minimum atomic E-state index is -0.644. The van der Waals surface area contributed by atoms with Crippen molar-refractivity contribution in [1.29, 1.82) is 0 Å². The zero-order valence-electron chi connectivity index (χ0n) is 16.5. The third-order valence-electron chi connectivity index (χ3n) is 4.61. The Hall–Kier alpha value is -3.21. The fraction of sp³-hybridized carbons (Fsp3) is 0.444. The quantitative estimate of drug-likeness (QED) is 0.528. The van der Waals surface area contributed by atoms with Gasteiger partial charge in [-0.25, -0.2) is 9.78 Å². The number of nitrogens with zero attached hydrogens (tertiary/aromatic N) is 4. The van der Waals surface area contributed by atoms with Gasteiger partial charge in [-0.3, -0.25) is 20.1 Å². The van der Waals surface area contributed by atoms with E-state index in [1.54, 1.807) is 12.1 Å². The number of carbonyl (C=O) groups is 2. The molecule has 0 saturated carbocycles. The average Bonchev–Trinajstić information content (AvgIpc) is 3.14. The molecule has 0 aliphatic carbocycles. The molecule has 4 N–H and O–H groups in total. The highest BCUT2D eigenvalue weighted by Gasteiger charge is 2.21. The van der Waals surface area contributed by atoms with E-state index in [1.807, 2.05) is 11.8 Å². The first-order valence-electron chi connectivity index (χ1n) is 9.45. The number of urea groups is 1. The molecule has 3 amide bonds. The third kappa shape index (κ3) is 5.19. The van der Waals surface area contributed by atoms with E-state index in [9.17, 15) is 14.0 Å². The first kappa shape index (κ1) is 20.5. The van der Waals surface area contributed by atoms with Crippen LogP contribution in [0.2, 0.25) is 0 Å². The molecule has 2 aromatic heterocycles. The highest BCUT2D eigenvalue weighted by molar-refractivity contribution is 5.92. The zero-order valence-corrected chi connectivity index (χ0v) is 16.5. The van der Waals surface area contributed by atoms with E-state index in [-0.39, 0.29) is 11.7 Å². The summed E-state index contributed by atoms with van der Waals surface area (Å²) in [5.74, 6) is -0.594. The van der Waals surface area contributed by atoms with Crippen molar-refractivity contribution in [2.75, 3.05) is 50.0 Å². The van der Waals surface area contributed by atoms with Gasteiger partial charge in [0.05, 0.1) is 11.4 Å². The summed E-state index contributed by atoms with van der Waals surface area (Å²) >= 11 is 0. The summed E-state index contributed by atoms with van der Waals surface area (Å²) in [5, 5.41) is 14.7. The van der Waals surface area contributed by atoms with Crippen LogP contribution in [0.3, 0.4) is 0 Å². The summed E-state index contributed by atoms with van der Waals surface area (Å²) in [4.78, 5) is 31.0. The van der Waals surface area contributed by atoms with Crippen LogP contribution in [0.5, 0.6) is 0 Å². The molecule has 0 radical (unpaired) electrons. The predicted molar refractivity (Wildman–Crippen MR) is 106 cm³/mol. The summed E-state index contributed by atoms with van der Waals surface area (Å²) < 4.78 is 14.3. The Morgan fingerprint density at radius 3 is 2.66 bits per heavy atom. The lowest BCUT2D eigenvalue weighted by atomic mass is 10.2. The highest BCUT2D eigenvalue weighted by Crippen LogP contribution is 2.20. The second kappa shape index (κ2) is 9.32. The molecule has 2 aromatic rings. The molecule has 1 aliphatic rings. The Bertz CT molecular complexity index is 863. The number of hydrogen-bond acceptors (Lipinski definition) is 6. The van der Waals surface area contributed by atoms with Gasteiger partial charge >= 0.3 is 6.03 Å². The SMILES string of the molecule is CCNC(=O)Nc1cc(CN2CCN(c3ccc(C(=O)NC)nc3F)CC2)[nH]n1. The number of anilines is 2. The van der Waals surface area contributed by atoms with Crippen molar-refractivity contribution in [3.8, 4) is 0 Å². The molecule has 156 valence electrons. The van der Waals surface area contributed by atoms with Gasteiger partial charge in [0.2, 0.25) is 5.95 Å². The van der Waals surface area contributed by atoms with Crippen molar-refractivity contribution in [3.63, 3.8) is 0 Å². The maximum Gasteiger partial charge on any atom is 0.320 e. The van der Waals surface area contributed by atoms with Gasteiger partial charge in [0, 0.05) is 52.4 Å². The maximum absolute atomic E-state index is 14.3. The first-order valence-corrected chi connectivity index (χ1v) is 9.45. The molecule has 0 atom stereocenters. The molecule has 10 nitrogen and oxygen atoms in total. The first-order chi connectivity index (χ1) is 14.0. The van der Waals surface area contributed by atoms with Gasteiger partial charge in [-0.15, -0.1) is 0 Å². The number of halogens is 1. The number of hydrogen-bond donors (Lipinski definition) is 4. The van der Waals surface area contributed by atoms with Crippen molar-refractivity contribution in [2.45, 2.75) is 13.5 Å². The van der Waals surface area contributed by atoms with E-state index >= 15 is 0 Å². The Labute approximate surface area is 167 Å². The lowest BCUT2D eigenvalue weighted by Crippen LogP contribution is -2.46. The summed E-state index contributed by atoms with van der Waals surface area (Å²) in [5.41, 5.74) is 1.34. The topological polar surface area (TPSA) is 118 Å². The molecular weight excluding hydrogens is 379 g/mol.